The molecule has 0 radical (unpaired) electrons. The molecule has 0 fully saturated rings. The average Bonchev–Trinajstić information content (AvgIpc) is 3.14. The van der Waals surface area contributed by atoms with E-state index < -0.39 is 10.8 Å². The second-order valence-electron chi connectivity index (χ2n) is 8.39. The molecule has 0 spiro atoms. The maximum Gasteiger partial charge on any atom is 0.270 e. The van der Waals surface area contributed by atoms with Crippen molar-refractivity contribution in [1.29, 1.82) is 0 Å². The van der Waals surface area contributed by atoms with Gasteiger partial charge in [0, 0.05) is 43.7 Å². The molecular weight excluding hydrogens is 432 g/mol. The van der Waals surface area contributed by atoms with E-state index in [2.05, 4.69) is 0 Å². The van der Waals surface area contributed by atoms with E-state index in [-0.39, 0.29) is 40.7 Å². The van der Waals surface area contributed by atoms with Crippen LogP contribution in [0.15, 0.2) is 36.5 Å². The van der Waals surface area contributed by atoms with Crippen molar-refractivity contribution >= 4 is 29.1 Å². The van der Waals surface area contributed by atoms with Crippen LogP contribution in [0.1, 0.15) is 50.2 Å². The number of aryl methyl sites for hydroxylation is 1. The highest BCUT2D eigenvalue weighted by molar-refractivity contribution is 6.34. The van der Waals surface area contributed by atoms with Crippen molar-refractivity contribution in [2.45, 2.75) is 46.7 Å². The van der Waals surface area contributed by atoms with Crippen LogP contribution in [0.25, 0.3) is 0 Å². The summed E-state index contributed by atoms with van der Waals surface area (Å²) in [6.45, 7) is 8.79. The van der Waals surface area contributed by atoms with Crippen LogP contribution in [0.2, 0.25) is 5.02 Å². The number of carbonyl (C=O) groups excluding carboxylic acids is 2. The summed E-state index contributed by atoms with van der Waals surface area (Å²) in [5.41, 5.74) is 0.949. The lowest BCUT2D eigenvalue weighted by atomic mass is 10.1. The third-order valence-electron chi connectivity index (χ3n) is 5.43. The van der Waals surface area contributed by atoms with Crippen LogP contribution in [-0.4, -0.2) is 50.2 Å². The van der Waals surface area contributed by atoms with Crippen LogP contribution in [0, 0.1) is 16.0 Å². The van der Waals surface area contributed by atoms with Gasteiger partial charge in [-0.15, -0.1) is 0 Å². The number of aromatic nitrogens is 1. The molecule has 32 heavy (non-hydrogen) atoms. The van der Waals surface area contributed by atoms with Crippen LogP contribution in [0.3, 0.4) is 0 Å². The standard InChI is InChI=1S/C23H31ClN4O4/c1-6-17(4)27(23(30)20-10-9-18(28(31)32)12-21(20)24)15-22(29)26(13-16(2)3)14-19-8-7-11-25(19)5/h7-12,16-17H,6,13-15H2,1-5H3. The first-order valence-electron chi connectivity index (χ1n) is 10.7. The first-order chi connectivity index (χ1) is 15.0. The highest BCUT2D eigenvalue weighted by atomic mass is 35.5. The number of amides is 2. The maximum atomic E-state index is 13.3. The molecule has 1 aromatic heterocycles. The fraction of sp³-hybridized carbons (Fsp3) is 0.478. The van der Waals surface area contributed by atoms with Crippen molar-refractivity contribution in [3.8, 4) is 0 Å². The van der Waals surface area contributed by atoms with E-state index in [1.807, 2.05) is 57.6 Å². The molecule has 1 aromatic carbocycles. The summed E-state index contributed by atoms with van der Waals surface area (Å²) in [5, 5.41) is 11.0. The molecule has 1 heterocycles. The second-order valence-corrected chi connectivity index (χ2v) is 8.80. The minimum absolute atomic E-state index is 0.00667. The lowest BCUT2D eigenvalue weighted by molar-refractivity contribution is -0.384. The van der Waals surface area contributed by atoms with Gasteiger partial charge in [-0.1, -0.05) is 32.4 Å². The molecule has 2 amide bonds. The lowest BCUT2D eigenvalue weighted by Crippen LogP contribution is -2.47. The van der Waals surface area contributed by atoms with Crippen LogP contribution >= 0.6 is 11.6 Å². The fourth-order valence-electron chi connectivity index (χ4n) is 3.39. The molecule has 0 saturated heterocycles. The van der Waals surface area contributed by atoms with Crippen LogP contribution in [-0.2, 0) is 18.4 Å². The van der Waals surface area contributed by atoms with Gasteiger partial charge >= 0.3 is 0 Å². The van der Waals surface area contributed by atoms with Crippen molar-refractivity contribution < 1.29 is 14.5 Å². The number of non-ortho nitro benzene ring substituents is 1. The number of halogens is 1. The molecule has 0 aliphatic carbocycles. The Kier molecular flexibility index (Phi) is 8.83. The molecule has 0 aliphatic heterocycles. The number of carbonyl (C=O) groups is 2. The highest BCUT2D eigenvalue weighted by Crippen LogP contribution is 2.25. The molecule has 1 atom stereocenters. The van der Waals surface area contributed by atoms with Gasteiger partial charge in [-0.25, -0.2) is 0 Å². The number of hydrogen-bond donors (Lipinski definition) is 0. The Bertz CT molecular complexity index is 973. The largest absolute Gasteiger partial charge is 0.353 e. The van der Waals surface area contributed by atoms with E-state index in [1.165, 1.54) is 17.0 Å². The Labute approximate surface area is 193 Å². The van der Waals surface area contributed by atoms with Crippen LogP contribution in [0.4, 0.5) is 5.69 Å². The Morgan fingerprint density at radius 2 is 1.91 bits per heavy atom. The van der Waals surface area contributed by atoms with Gasteiger partial charge < -0.3 is 14.4 Å². The Morgan fingerprint density at radius 1 is 1.22 bits per heavy atom. The zero-order valence-electron chi connectivity index (χ0n) is 19.2. The monoisotopic (exact) mass is 462 g/mol. The summed E-state index contributed by atoms with van der Waals surface area (Å²) < 4.78 is 1.97. The number of benzene rings is 1. The van der Waals surface area contributed by atoms with Gasteiger partial charge in [-0.2, -0.15) is 0 Å². The van der Waals surface area contributed by atoms with Crippen molar-refractivity contribution in [3.05, 3.63) is 62.9 Å². The number of rotatable bonds is 10. The SMILES string of the molecule is CCC(C)N(CC(=O)N(Cc1cccn1C)CC(C)C)C(=O)c1ccc([N+](=O)[O-])cc1Cl. The summed E-state index contributed by atoms with van der Waals surface area (Å²) in [7, 11) is 1.93. The van der Waals surface area contributed by atoms with Crippen LogP contribution < -0.4 is 0 Å². The smallest absolute Gasteiger partial charge is 0.270 e. The molecule has 1 unspecified atom stereocenters. The van der Waals surface area contributed by atoms with E-state index in [0.717, 1.165) is 11.8 Å². The van der Waals surface area contributed by atoms with Crippen molar-refractivity contribution in [1.82, 2.24) is 14.4 Å². The number of nitro groups is 1. The number of hydrogen-bond acceptors (Lipinski definition) is 4. The zero-order chi connectivity index (χ0) is 24.0. The van der Waals surface area contributed by atoms with E-state index in [9.17, 15) is 19.7 Å². The summed E-state index contributed by atoms with van der Waals surface area (Å²) in [6.07, 6.45) is 2.57. The molecule has 9 heteroatoms. The maximum absolute atomic E-state index is 13.3. The van der Waals surface area contributed by atoms with Crippen molar-refractivity contribution in [3.63, 3.8) is 0 Å². The molecule has 2 aromatic rings. The van der Waals surface area contributed by atoms with E-state index in [1.54, 1.807) is 4.90 Å². The molecule has 0 saturated carbocycles. The Morgan fingerprint density at radius 3 is 2.41 bits per heavy atom. The van der Waals surface area contributed by atoms with Gasteiger partial charge in [0.05, 0.1) is 22.1 Å². The number of nitro benzene ring substituents is 1. The Hall–Kier alpha value is -2.87. The number of nitrogens with zero attached hydrogens (tertiary/aromatic N) is 4. The minimum Gasteiger partial charge on any atom is -0.353 e. The van der Waals surface area contributed by atoms with E-state index in [4.69, 9.17) is 11.6 Å². The van der Waals surface area contributed by atoms with E-state index >= 15 is 0 Å². The van der Waals surface area contributed by atoms with E-state index in [0.29, 0.717) is 19.5 Å². The minimum atomic E-state index is -0.566. The fourth-order valence-corrected chi connectivity index (χ4v) is 3.65. The highest BCUT2D eigenvalue weighted by Gasteiger charge is 2.28. The van der Waals surface area contributed by atoms with Gasteiger partial charge in [-0.05, 0) is 37.5 Å². The zero-order valence-corrected chi connectivity index (χ0v) is 20.0. The first-order valence-corrected chi connectivity index (χ1v) is 11.1. The average molecular weight is 463 g/mol. The predicted molar refractivity (Wildman–Crippen MR) is 125 cm³/mol. The van der Waals surface area contributed by atoms with Gasteiger partial charge in [-0.3, -0.25) is 19.7 Å². The molecule has 174 valence electrons. The van der Waals surface area contributed by atoms with Crippen molar-refractivity contribution in [2.75, 3.05) is 13.1 Å². The van der Waals surface area contributed by atoms with Gasteiger partial charge in [0.2, 0.25) is 5.91 Å². The third-order valence-corrected chi connectivity index (χ3v) is 5.74. The molecule has 0 aliphatic rings. The van der Waals surface area contributed by atoms with Gasteiger partial charge in [0.25, 0.3) is 11.6 Å². The normalized spacial score (nSPS) is 12.0. The molecular formula is C23H31ClN4O4. The lowest BCUT2D eigenvalue weighted by Gasteiger charge is -2.32. The Balaban J connectivity index is 2.29. The van der Waals surface area contributed by atoms with Gasteiger partial charge in [0.15, 0.2) is 0 Å². The third kappa shape index (κ3) is 6.32. The molecule has 8 nitrogen and oxygen atoms in total. The summed E-state index contributed by atoms with van der Waals surface area (Å²) >= 11 is 6.19. The summed E-state index contributed by atoms with van der Waals surface area (Å²) in [6, 6.07) is 7.43. The van der Waals surface area contributed by atoms with Gasteiger partial charge in [0.1, 0.15) is 6.54 Å². The first kappa shape index (κ1) is 25.4. The van der Waals surface area contributed by atoms with Crippen LogP contribution in [0.5, 0.6) is 0 Å². The predicted octanol–water partition coefficient (Wildman–Crippen LogP) is 4.51. The second kappa shape index (κ2) is 11.1. The summed E-state index contributed by atoms with van der Waals surface area (Å²) in [4.78, 5) is 40.3. The quantitative estimate of drug-likeness (QED) is 0.383. The molecule has 0 bridgehead atoms. The van der Waals surface area contributed by atoms with Crippen molar-refractivity contribution in [2.24, 2.45) is 13.0 Å². The molecule has 2 rings (SSSR count). The molecule has 0 N–H and O–H groups in total. The summed E-state index contributed by atoms with van der Waals surface area (Å²) in [5.74, 6) is -0.321. The topological polar surface area (TPSA) is 88.7 Å².